The number of rotatable bonds is 3. The van der Waals surface area contributed by atoms with Crippen molar-refractivity contribution in [1.29, 1.82) is 0 Å². The minimum absolute atomic E-state index is 0.232. The Kier molecular flexibility index (Phi) is 4.45. The predicted molar refractivity (Wildman–Crippen MR) is 97.2 cm³/mol. The highest BCUT2D eigenvalue weighted by atomic mass is 79.9. The molecule has 0 saturated carbocycles. The maximum Gasteiger partial charge on any atom is 0.420 e. The van der Waals surface area contributed by atoms with Crippen molar-refractivity contribution >= 4 is 44.7 Å². The number of amides is 1. The number of anilines is 1. The molecule has 0 atom stereocenters. The zero-order chi connectivity index (χ0) is 18.1. The van der Waals surface area contributed by atoms with Gasteiger partial charge in [0.25, 0.3) is 0 Å². The van der Waals surface area contributed by atoms with Gasteiger partial charge in [-0.15, -0.1) is 0 Å². The Balaban J connectivity index is 2.05. The molecule has 0 aliphatic rings. The molecule has 0 aliphatic carbocycles. The second kappa shape index (κ2) is 6.56. The first-order chi connectivity index (χ1) is 11.9. The van der Waals surface area contributed by atoms with Crippen LogP contribution in [0.5, 0.6) is 0 Å². The molecule has 0 bridgehead atoms. The topological polar surface area (TPSA) is 84.5 Å². The number of halogens is 1. The van der Waals surface area contributed by atoms with Crippen molar-refractivity contribution in [3.63, 3.8) is 0 Å². The molecule has 0 fully saturated rings. The molecule has 25 heavy (non-hydrogen) atoms. The molecule has 2 aromatic carbocycles. The van der Waals surface area contributed by atoms with Gasteiger partial charge in [0.2, 0.25) is 5.91 Å². The van der Waals surface area contributed by atoms with Crippen LogP contribution in [0.1, 0.15) is 0 Å². The number of carbonyl (C=O) groups is 2. The van der Waals surface area contributed by atoms with E-state index in [4.69, 9.17) is 0 Å². The Morgan fingerprint density at radius 2 is 1.80 bits per heavy atom. The van der Waals surface area contributed by atoms with E-state index >= 15 is 0 Å². The van der Waals surface area contributed by atoms with Gasteiger partial charge in [-0.3, -0.25) is 9.36 Å². The van der Waals surface area contributed by atoms with Crippen molar-refractivity contribution in [1.82, 2.24) is 9.13 Å². The minimum atomic E-state index is -1.39. The monoisotopic (exact) mass is 403 g/mol. The molecule has 7 nitrogen and oxygen atoms in total. The molecule has 8 heteroatoms. The molecule has 1 aromatic heterocycles. The number of para-hydroxylation sites is 1. The second-order valence-electron chi connectivity index (χ2n) is 5.41. The molecule has 1 heterocycles. The normalized spacial score (nSPS) is 10.8. The zero-order valence-electron chi connectivity index (χ0n) is 13.2. The second-order valence-corrected chi connectivity index (χ2v) is 6.32. The van der Waals surface area contributed by atoms with E-state index in [1.165, 1.54) is 11.0 Å². The fraction of sp³-hybridized carbons (Fsp3) is 0.118. The van der Waals surface area contributed by atoms with E-state index in [2.05, 4.69) is 15.9 Å². The van der Waals surface area contributed by atoms with Crippen LogP contribution >= 0.6 is 15.9 Å². The molecular weight excluding hydrogens is 390 g/mol. The first kappa shape index (κ1) is 17.0. The Morgan fingerprint density at radius 3 is 2.44 bits per heavy atom. The summed E-state index contributed by atoms with van der Waals surface area (Å²) in [7, 11) is 1.61. The number of fused-ring (bicyclic) bond motifs is 1. The number of nitrogens with zero attached hydrogens (tertiary/aromatic N) is 3. The lowest BCUT2D eigenvalue weighted by atomic mass is 10.3. The number of imidazole rings is 1. The number of aromatic nitrogens is 2. The summed E-state index contributed by atoms with van der Waals surface area (Å²) in [5.41, 5.74) is 0.520. The molecular formula is C17H14BrN3O4. The first-order valence-corrected chi connectivity index (χ1v) is 8.15. The number of carboxylic acid groups (broad SMARTS) is 1. The number of hydrogen-bond donors (Lipinski definition) is 1. The van der Waals surface area contributed by atoms with E-state index in [0.29, 0.717) is 20.2 Å². The van der Waals surface area contributed by atoms with Crippen molar-refractivity contribution in [2.24, 2.45) is 0 Å². The summed E-state index contributed by atoms with van der Waals surface area (Å²) in [4.78, 5) is 37.9. The average Bonchev–Trinajstić information content (AvgIpc) is 2.86. The Bertz CT molecular complexity index is 1020. The van der Waals surface area contributed by atoms with Crippen LogP contribution in [0, 0.1) is 0 Å². The molecule has 0 spiro atoms. The van der Waals surface area contributed by atoms with Gasteiger partial charge in [0.1, 0.15) is 6.54 Å². The molecule has 128 valence electrons. The maximum absolute atomic E-state index is 12.6. The Labute approximate surface area is 150 Å². The van der Waals surface area contributed by atoms with Gasteiger partial charge in [-0.1, -0.05) is 34.1 Å². The fourth-order valence-electron chi connectivity index (χ4n) is 2.60. The number of hydrogen-bond acceptors (Lipinski definition) is 3. The number of likely N-dealkylation sites (N-methyl/N-ethyl adjacent to an activating group) is 1. The van der Waals surface area contributed by atoms with Crippen molar-refractivity contribution < 1.29 is 14.7 Å². The lowest BCUT2D eigenvalue weighted by molar-refractivity contribution is -0.118. The lowest BCUT2D eigenvalue weighted by Gasteiger charge is -2.17. The van der Waals surface area contributed by atoms with E-state index in [-0.39, 0.29) is 18.0 Å². The summed E-state index contributed by atoms with van der Waals surface area (Å²) in [6.07, 6.45) is -1.39. The van der Waals surface area contributed by atoms with E-state index in [1.54, 1.807) is 43.4 Å². The third-order valence-corrected chi connectivity index (χ3v) is 4.39. The van der Waals surface area contributed by atoms with E-state index < -0.39 is 11.8 Å². The Morgan fingerprint density at radius 1 is 1.12 bits per heavy atom. The highest BCUT2D eigenvalue weighted by molar-refractivity contribution is 9.10. The third-order valence-electron chi connectivity index (χ3n) is 3.89. The summed E-state index contributed by atoms with van der Waals surface area (Å²) in [6.45, 7) is -0.266. The van der Waals surface area contributed by atoms with Crippen LogP contribution in [0.15, 0.2) is 57.8 Å². The summed E-state index contributed by atoms with van der Waals surface area (Å²) in [5.74, 6) is -0.335. The summed E-state index contributed by atoms with van der Waals surface area (Å²) >= 11 is 3.30. The minimum Gasteiger partial charge on any atom is -0.464 e. The van der Waals surface area contributed by atoms with Crippen molar-refractivity contribution in [2.45, 2.75) is 6.54 Å². The molecule has 3 rings (SSSR count). The molecule has 0 unspecified atom stereocenters. The van der Waals surface area contributed by atoms with Crippen LogP contribution in [0.4, 0.5) is 10.5 Å². The molecule has 0 radical (unpaired) electrons. The van der Waals surface area contributed by atoms with Gasteiger partial charge in [-0.25, -0.2) is 9.59 Å². The average molecular weight is 404 g/mol. The van der Waals surface area contributed by atoms with Gasteiger partial charge in [0, 0.05) is 17.2 Å². The van der Waals surface area contributed by atoms with Gasteiger partial charge < -0.3 is 10.0 Å². The standard InChI is InChI=1S/C17H14BrN3O4/c1-19(12-5-3-2-4-6-12)15(22)10-20-14-9-11(18)7-8-13(14)21(16(20)23)17(24)25/h2-9H,10H2,1H3,(H,24,25). The lowest BCUT2D eigenvalue weighted by Crippen LogP contribution is -2.35. The molecule has 1 amide bonds. The van der Waals surface area contributed by atoms with Crippen LogP contribution in [0.2, 0.25) is 0 Å². The third kappa shape index (κ3) is 3.08. The van der Waals surface area contributed by atoms with E-state index in [0.717, 1.165) is 4.57 Å². The Hall–Kier alpha value is -2.87. The summed E-state index contributed by atoms with van der Waals surface area (Å²) in [5, 5.41) is 9.31. The number of carbonyl (C=O) groups excluding carboxylic acids is 1. The van der Waals surface area contributed by atoms with Crippen molar-refractivity contribution in [3.05, 3.63) is 63.5 Å². The molecule has 3 aromatic rings. The zero-order valence-corrected chi connectivity index (χ0v) is 14.8. The van der Waals surface area contributed by atoms with Crippen LogP contribution in [0.25, 0.3) is 11.0 Å². The smallest absolute Gasteiger partial charge is 0.420 e. The largest absolute Gasteiger partial charge is 0.464 e. The van der Waals surface area contributed by atoms with Gasteiger partial charge in [-0.05, 0) is 30.3 Å². The van der Waals surface area contributed by atoms with Crippen molar-refractivity contribution in [2.75, 3.05) is 11.9 Å². The van der Waals surface area contributed by atoms with E-state index in [9.17, 15) is 19.5 Å². The maximum atomic E-state index is 12.6. The fourth-order valence-corrected chi connectivity index (χ4v) is 2.95. The summed E-state index contributed by atoms with van der Waals surface area (Å²) < 4.78 is 2.48. The van der Waals surface area contributed by atoms with Crippen LogP contribution in [0.3, 0.4) is 0 Å². The SMILES string of the molecule is CN(C(=O)Cn1c(=O)n(C(=O)O)c2ccc(Br)cc21)c1ccccc1. The summed E-state index contributed by atoms with van der Waals surface area (Å²) in [6, 6.07) is 13.8. The van der Waals surface area contributed by atoms with Gasteiger partial charge in [0.15, 0.2) is 0 Å². The van der Waals surface area contributed by atoms with Gasteiger partial charge >= 0.3 is 11.8 Å². The van der Waals surface area contributed by atoms with Crippen LogP contribution < -0.4 is 10.6 Å². The van der Waals surface area contributed by atoms with E-state index in [1.807, 2.05) is 6.07 Å². The van der Waals surface area contributed by atoms with Gasteiger partial charge in [-0.2, -0.15) is 4.57 Å². The van der Waals surface area contributed by atoms with Crippen molar-refractivity contribution in [3.8, 4) is 0 Å². The first-order valence-electron chi connectivity index (χ1n) is 7.36. The molecule has 1 N–H and O–H groups in total. The van der Waals surface area contributed by atoms with Crippen LogP contribution in [-0.4, -0.2) is 33.3 Å². The van der Waals surface area contributed by atoms with Crippen LogP contribution in [-0.2, 0) is 11.3 Å². The molecule has 0 aliphatic heterocycles. The highest BCUT2D eigenvalue weighted by Crippen LogP contribution is 2.20. The molecule has 0 saturated heterocycles. The quantitative estimate of drug-likeness (QED) is 0.728. The highest BCUT2D eigenvalue weighted by Gasteiger charge is 2.21. The van der Waals surface area contributed by atoms with Gasteiger partial charge in [0.05, 0.1) is 11.0 Å². The number of benzene rings is 2. The predicted octanol–water partition coefficient (Wildman–Crippen LogP) is 2.75.